The molecule has 370 valence electrons. The summed E-state index contributed by atoms with van der Waals surface area (Å²) in [6, 6.07) is 0. The Kier molecular flexibility index (Phi) is 44.5. The number of hydrogen-bond donors (Lipinski definition) is 1. The number of nitrogens with zero attached hydrogens (tertiary/aromatic N) is 1. The van der Waals surface area contributed by atoms with Gasteiger partial charge in [0.2, 0.25) is 0 Å². The van der Waals surface area contributed by atoms with Gasteiger partial charge in [-0.1, -0.05) is 245 Å². The first-order valence-electron chi connectivity index (χ1n) is 26.8. The molecule has 0 radical (unpaired) electrons. The summed E-state index contributed by atoms with van der Waals surface area (Å²) in [7, 11) is 1.50. The predicted octanol–water partition coefficient (Wildman–Crippen LogP) is 15.9. The number of likely N-dealkylation sites (N-methyl/N-ethyl adjacent to an activating group) is 1. The first kappa shape index (κ1) is 61.0. The summed E-state index contributed by atoms with van der Waals surface area (Å²) >= 11 is 0. The Morgan fingerprint density at radius 1 is 0.435 bits per heavy atom. The summed E-state index contributed by atoms with van der Waals surface area (Å²) in [5, 5.41) is 0. The summed E-state index contributed by atoms with van der Waals surface area (Å²) in [5.41, 5.74) is 0. The molecule has 0 aromatic heterocycles. The normalized spacial score (nSPS) is 13.3. The number of rotatable bonds is 50. The number of quaternary nitrogens is 1. The highest BCUT2D eigenvalue weighted by molar-refractivity contribution is 7.47. The van der Waals surface area contributed by atoms with Crippen LogP contribution in [0.5, 0.6) is 0 Å². The van der Waals surface area contributed by atoms with Gasteiger partial charge in [0, 0.05) is 12.8 Å². The monoisotopic (exact) mass is 903 g/mol. The van der Waals surface area contributed by atoms with Gasteiger partial charge in [0.1, 0.15) is 19.8 Å². The Morgan fingerprint density at radius 3 is 1.03 bits per heavy atom. The minimum absolute atomic E-state index is 0.0371. The molecule has 0 aromatic rings. The molecule has 0 aliphatic carbocycles. The molecule has 0 aliphatic heterocycles. The number of esters is 2. The molecule has 62 heavy (non-hydrogen) atoms. The van der Waals surface area contributed by atoms with Gasteiger partial charge in [-0.2, -0.15) is 0 Å². The maximum atomic E-state index is 12.8. The van der Waals surface area contributed by atoms with Gasteiger partial charge in [-0.3, -0.25) is 18.6 Å². The number of ether oxygens (including phenoxy) is 2. The maximum absolute atomic E-state index is 12.8. The van der Waals surface area contributed by atoms with Gasteiger partial charge in [0.05, 0.1) is 27.7 Å². The highest BCUT2D eigenvalue weighted by atomic mass is 31.2. The third-order valence-electron chi connectivity index (χ3n) is 12.1. The van der Waals surface area contributed by atoms with Gasteiger partial charge in [0.15, 0.2) is 6.10 Å². The summed E-state index contributed by atoms with van der Waals surface area (Å²) in [6.45, 7) is 4.48. The van der Waals surface area contributed by atoms with E-state index in [2.05, 4.69) is 13.8 Å². The Balaban J connectivity index is 4.09. The SMILES string of the molecule is CCCCCCCCCCCCCCCCCCCCCCCCCCCC(=O)OC(COC(=O)CCCCCCCCCCCCCCC)COP(=O)(O)OCC[N+](C)(C)C. The zero-order chi connectivity index (χ0) is 45.7. The average Bonchev–Trinajstić information content (AvgIpc) is 3.23. The quantitative estimate of drug-likeness (QED) is 0.0278. The molecule has 0 saturated heterocycles. The van der Waals surface area contributed by atoms with Gasteiger partial charge in [-0.25, -0.2) is 4.57 Å². The molecule has 0 saturated carbocycles. The number of hydrogen-bond acceptors (Lipinski definition) is 7. The number of carbonyl (C=O) groups excluding carboxylic acids is 2. The molecular formula is C52H105NO8P+. The van der Waals surface area contributed by atoms with Crippen LogP contribution in [0.2, 0.25) is 0 Å². The molecule has 0 rings (SSSR count). The van der Waals surface area contributed by atoms with Gasteiger partial charge >= 0.3 is 19.8 Å². The third kappa shape index (κ3) is 48.5. The highest BCUT2D eigenvalue weighted by Gasteiger charge is 2.27. The molecule has 0 fully saturated rings. The van der Waals surface area contributed by atoms with Crippen molar-refractivity contribution in [3.05, 3.63) is 0 Å². The van der Waals surface area contributed by atoms with Crippen molar-refractivity contribution in [1.29, 1.82) is 0 Å². The largest absolute Gasteiger partial charge is 0.472 e. The van der Waals surface area contributed by atoms with Crippen LogP contribution in [0.3, 0.4) is 0 Å². The maximum Gasteiger partial charge on any atom is 0.472 e. The second-order valence-electron chi connectivity index (χ2n) is 19.6. The molecule has 2 atom stereocenters. The molecule has 1 N–H and O–H groups in total. The summed E-state index contributed by atoms with van der Waals surface area (Å²) < 4.78 is 34.5. The first-order valence-corrected chi connectivity index (χ1v) is 28.3. The summed E-state index contributed by atoms with van der Waals surface area (Å²) in [4.78, 5) is 35.5. The number of phosphoric acid groups is 1. The van der Waals surface area contributed by atoms with E-state index < -0.39 is 26.5 Å². The molecule has 9 nitrogen and oxygen atoms in total. The lowest BCUT2D eigenvalue weighted by Crippen LogP contribution is -2.37. The minimum Gasteiger partial charge on any atom is -0.462 e. The third-order valence-corrected chi connectivity index (χ3v) is 13.1. The molecule has 0 bridgehead atoms. The van der Waals surface area contributed by atoms with Crippen LogP contribution < -0.4 is 0 Å². The minimum atomic E-state index is -4.37. The Labute approximate surface area is 384 Å². The van der Waals surface area contributed by atoms with Gasteiger partial charge in [-0.15, -0.1) is 0 Å². The standard InChI is InChI=1S/C52H104NO8P/c1-6-8-10-12-14-16-18-20-21-22-23-24-25-26-27-28-29-30-31-33-35-37-39-41-43-45-52(55)61-50(49-60-62(56,57)59-47-46-53(3,4)5)48-58-51(54)44-42-40-38-36-34-32-19-17-15-13-11-9-7-2/h50H,6-49H2,1-5H3/p+1. The van der Waals surface area contributed by atoms with E-state index in [1.165, 1.54) is 205 Å². The second kappa shape index (κ2) is 45.2. The first-order chi connectivity index (χ1) is 30.0. The lowest BCUT2D eigenvalue weighted by Gasteiger charge is -2.24. The van der Waals surface area contributed by atoms with Gasteiger partial charge in [-0.05, 0) is 12.8 Å². The molecule has 0 spiro atoms. The van der Waals surface area contributed by atoms with Crippen molar-refractivity contribution in [3.8, 4) is 0 Å². The lowest BCUT2D eigenvalue weighted by molar-refractivity contribution is -0.870. The van der Waals surface area contributed by atoms with Crippen LogP contribution in [0.4, 0.5) is 0 Å². The van der Waals surface area contributed by atoms with Crippen LogP contribution >= 0.6 is 7.82 Å². The van der Waals surface area contributed by atoms with Crippen LogP contribution in [0.1, 0.15) is 271 Å². The van der Waals surface area contributed by atoms with Crippen molar-refractivity contribution in [3.63, 3.8) is 0 Å². The van der Waals surface area contributed by atoms with Crippen LogP contribution in [-0.4, -0.2) is 74.9 Å². The lowest BCUT2D eigenvalue weighted by atomic mass is 10.0. The summed E-state index contributed by atoms with van der Waals surface area (Å²) in [5.74, 6) is -0.778. The van der Waals surface area contributed by atoms with E-state index in [0.29, 0.717) is 17.4 Å². The van der Waals surface area contributed by atoms with Crippen molar-refractivity contribution < 1.29 is 42.1 Å². The van der Waals surface area contributed by atoms with E-state index in [1.54, 1.807) is 0 Å². The molecular weight excluding hydrogens is 798 g/mol. The topological polar surface area (TPSA) is 108 Å². The molecule has 0 amide bonds. The van der Waals surface area contributed by atoms with E-state index in [4.69, 9.17) is 18.5 Å². The Hall–Kier alpha value is -0.990. The van der Waals surface area contributed by atoms with Crippen molar-refractivity contribution in [1.82, 2.24) is 0 Å². The van der Waals surface area contributed by atoms with Crippen molar-refractivity contribution in [2.24, 2.45) is 0 Å². The second-order valence-corrected chi connectivity index (χ2v) is 21.1. The smallest absolute Gasteiger partial charge is 0.462 e. The van der Waals surface area contributed by atoms with E-state index in [0.717, 1.165) is 38.5 Å². The van der Waals surface area contributed by atoms with E-state index in [9.17, 15) is 19.0 Å². The predicted molar refractivity (Wildman–Crippen MR) is 261 cm³/mol. The summed E-state index contributed by atoms with van der Waals surface area (Å²) in [6.07, 6.45) is 48.8. The molecule has 0 heterocycles. The zero-order valence-electron chi connectivity index (χ0n) is 41.9. The molecule has 10 heteroatoms. The number of unbranched alkanes of at least 4 members (excludes halogenated alkanes) is 36. The Morgan fingerprint density at radius 2 is 0.726 bits per heavy atom. The zero-order valence-corrected chi connectivity index (χ0v) is 42.8. The van der Waals surface area contributed by atoms with Crippen LogP contribution in [0, 0.1) is 0 Å². The van der Waals surface area contributed by atoms with Gasteiger partial charge < -0.3 is 18.9 Å². The molecule has 0 aromatic carbocycles. The van der Waals surface area contributed by atoms with Crippen LogP contribution in [0.25, 0.3) is 0 Å². The average molecular weight is 903 g/mol. The van der Waals surface area contributed by atoms with Gasteiger partial charge in [0.25, 0.3) is 0 Å². The van der Waals surface area contributed by atoms with E-state index >= 15 is 0 Å². The van der Waals surface area contributed by atoms with Crippen molar-refractivity contribution in [2.75, 3.05) is 47.5 Å². The number of carbonyl (C=O) groups is 2. The Bertz CT molecular complexity index is 1020. The van der Waals surface area contributed by atoms with Crippen LogP contribution in [-0.2, 0) is 32.7 Å². The molecule has 0 aliphatic rings. The fourth-order valence-corrected chi connectivity index (χ4v) is 8.70. The molecule has 2 unspecified atom stereocenters. The van der Waals surface area contributed by atoms with E-state index in [-0.39, 0.29) is 25.6 Å². The highest BCUT2D eigenvalue weighted by Crippen LogP contribution is 2.43. The number of phosphoric ester groups is 1. The van der Waals surface area contributed by atoms with Crippen molar-refractivity contribution in [2.45, 2.75) is 277 Å². The fourth-order valence-electron chi connectivity index (χ4n) is 7.96. The van der Waals surface area contributed by atoms with E-state index in [1.807, 2.05) is 21.1 Å². The van der Waals surface area contributed by atoms with Crippen molar-refractivity contribution >= 4 is 19.8 Å². The van der Waals surface area contributed by atoms with Crippen LogP contribution in [0.15, 0.2) is 0 Å². The fraction of sp³-hybridized carbons (Fsp3) is 0.962.